The number of H-pyrrole nitrogens is 1. The molecule has 2 N–H and O–H groups in total. The number of nitrogens with one attached hydrogen (secondary N) is 2. The van der Waals surface area contributed by atoms with Crippen molar-refractivity contribution in [3.05, 3.63) is 111 Å². The van der Waals surface area contributed by atoms with Gasteiger partial charge in [0.2, 0.25) is 11.8 Å². The van der Waals surface area contributed by atoms with Crippen molar-refractivity contribution in [3.63, 3.8) is 0 Å². The Kier molecular flexibility index (Phi) is 7.81. The Bertz CT molecular complexity index is 2280. The Hall–Kier alpha value is -4.87. The third-order valence-corrected chi connectivity index (χ3v) is 13.7. The fourth-order valence-electron chi connectivity index (χ4n) is 9.11. The van der Waals surface area contributed by atoms with Crippen LogP contribution < -0.4 is 24.6 Å². The van der Waals surface area contributed by atoms with Crippen LogP contribution in [0.25, 0.3) is 10.8 Å². The zero-order valence-electron chi connectivity index (χ0n) is 28.0. The number of benzene rings is 4. The minimum Gasteiger partial charge on any atom is -0.490 e. The molecule has 4 unspecified atom stereocenters. The van der Waals surface area contributed by atoms with Gasteiger partial charge in [-0.05, 0) is 79.3 Å². The van der Waals surface area contributed by atoms with Crippen LogP contribution in [0.2, 0.25) is 0 Å². The van der Waals surface area contributed by atoms with Crippen LogP contribution in [0.1, 0.15) is 35.3 Å². The van der Waals surface area contributed by atoms with Crippen molar-refractivity contribution in [2.45, 2.75) is 36.5 Å². The Balaban J connectivity index is 1.01. The monoisotopic (exact) mass is 717 g/mol. The first-order valence-electron chi connectivity index (χ1n) is 17.3. The molecule has 2 aliphatic heterocycles. The molecular formula is C40H35N3O6S2. The second-order valence-corrected chi connectivity index (χ2v) is 16.0. The maximum atomic E-state index is 14.1. The van der Waals surface area contributed by atoms with Crippen LogP contribution in [0.5, 0.6) is 11.5 Å². The highest BCUT2D eigenvalue weighted by atomic mass is 32.2. The molecule has 1 saturated heterocycles. The summed E-state index contributed by atoms with van der Waals surface area (Å²) < 4.78 is 12.1. The number of carbonyl (C=O) groups excluding carboxylic acids is 3. The standard InChI is InChI=1S/C40H35N3O6S2/c1-3-48-29-17-22(13-16-28(29)49-19-30(44)41-27-10-6-8-21-7-4-5-9-24(21)27)31-32-25-18-26(35(32)50-37-36(31)51-40(47)42-37)34-33(25)38(45)43(39(34)46)23-14-11-20(2)12-15-23/h4-17,25-26,31-35H,3,18-19H2,1-2H3,(H,41,44)(H,42,47)/t25-,26-,31-,32?,33?,34?,35?/m1/s1. The van der Waals surface area contributed by atoms with Crippen LogP contribution in [0.15, 0.2) is 94.7 Å². The first kappa shape index (κ1) is 32.1. The summed E-state index contributed by atoms with van der Waals surface area (Å²) in [6.45, 7) is 4.05. The van der Waals surface area contributed by atoms with Crippen LogP contribution in [0.3, 0.4) is 0 Å². The first-order chi connectivity index (χ1) is 24.8. The van der Waals surface area contributed by atoms with E-state index < -0.39 is 0 Å². The van der Waals surface area contributed by atoms with E-state index in [1.165, 1.54) is 16.2 Å². The molecule has 3 amide bonds. The number of thiazole rings is 1. The number of carbonyl (C=O) groups is 3. The molecule has 0 radical (unpaired) electrons. The van der Waals surface area contributed by atoms with Crippen molar-refractivity contribution in [1.82, 2.24) is 4.98 Å². The quantitative estimate of drug-likeness (QED) is 0.166. The minimum absolute atomic E-state index is 0.0102. The summed E-state index contributed by atoms with van der Waals surface area (Å²) in [5.41, 5.74) is 3.36. The Morgan fingerprint density at radius 2 is 1.67 bits per heavy atom. The second kappa shape index (κ2) is 12.4. The van der Waals surface area contributed by atoms with Crippen molar-refractivity contribution in [3.8, 4) is 11.5 Å². The Morgan fingerprint density at radius 3 is 2.47 bits per heavy atom. The summed E-state index contributed by atoms with van der Waals surface area (Å²) in [5.74, 6) is -0.434. The molecule has 3 heterocycles. The molecule has 9 nitrogen and oxygen atoms in total. The number of amides is 3. The van der Waals surface area contributed by atoms with Gasteiger partial charge in [0.25, 0.3) is 5.91 Å². The normalized spacial score (nSPS) is 25.8. The van der Waals surface area contributed by atoms with Crippen LogP contribution in [0.4, 0.5) is 11.4 Å². The summed E-state index contributed by atoms with van der Waals surface area (Å²) in [7, 11) is 0. The number of imide groups is 1. The maximum Gasteiger partial charge on any atom is 0.305 e. The average molecular weight is 718 g/mol. The smallest absolute Gasteiger partial charge is 0.305 e. The molecule has 51 heavy (non-hydrogen) atoms. The predicted molar refractivity (Wildman–Crippen MR) is 198 cm³/mol. The number of ether oxygens (including phenoxy) is 2. The van der Waals surface area contributed by atoms with E-state index in [9.17, 15) is 19.2 Å². The molecule has 3 fully saturated rings. The van der Waals surface area contributed by atoms with Gasteiger partial charge in [-0.1, -0.05) is 71.5 Å². The fourth-order valence-corrected chi connectivity index (χ4v) is 12.0. The van der Waals surface area contributed by atoms with E-state index >= 15 is 0 Å². The highest BCUT2D eigenvalue weighted by molar-refractivity contribution is 8.00. The number of hydrogen-bond acceptors (Lipinski definition) is 8. The number of anilines is 2. The lowest BCUT2D eigenvalue weighted by Gasteiger charge is -2.43. The van der Waals surface area contributed by atoms with Crippen molar-refractivity contribution in [2.75, 3.05) is 23.4 Å². The van der Waals surface area contributed by atoms with Gasteiger partial charge in [-0.15, -0.1) is 11.8 Å². The molecule has 258 valence electrons. The third kappa shape index (κ3) is 5.19. The van der Waals surface area contributed by atoms with Gasteiger partial charge in [0, 0.05) is 27.1 Å². The van der Waals surface area contributed by atoms with Crippen LogP contribution in [-0.4, -0.2) is 41.2 Å². The maximum absolute atomic E-state index is 14.1. The van der Waals surface area contributed by atoms with Gasteiger partial charge in [0.05, 0.1) is 29.2 Å². The molecule has 2 saturated carbocycles. The Labute approximate surface area is 302 Å². The number of nitrogens with zero attached hydrogens (tertiary/aromatic N) is 1. The summed E-state index contributed by atoms with van der Waals surface area (Å²) in [5, 5.41) is 5.86. The van der Waals surface area contributed by atoms with E-state index in [0.717, 1.165) is 38.2 Å². The van der Waals surface area contributed by atoms with E-state index in [1.807, 2.05) is 98.8 Å². The average Bonchev–Trinajstić information content (AvgIpc) is 3.87. The van der Waals surface area contributed by atoms with Gasteiger partial charge in [0.1, 0.15) is 0 Å². The largest absolute Gasteiger partial charge is 0.490 e. The zero-order valence-corrected chi connectivity index (χ0v) is 29.6. The van der Waals surface area contributed by atoms with Crippen molar-refractivity contribution in [2.24, 2.45) is 29.6 Å². The first-order valence-corrected chi connectivity index (χ1v) is 19.0. The van der Waals surface area contributed by atoms with E-state index in [4.69, 9.17) is 9.47 Å². The Morgan fingerprint density at radius 1 is 0.902 bits per heavy atom. The fraction of sp³-hybridized carbons (Fsp3) is 0.300. The molecule has 7 atom stereocenters. The number of hydrogen-bond donors (Lipinski definition) is 2. The lowest BCUT2D eigenvalue weighted by atomic mass is 9.68. The highest BCUT2D eigenvalue weighted by Gasteiger charge is 2.69. The molecule has 1 aromatic heterocycles. The number of aromatic amines is 1. The molecule has 2 bridgehead atoms. The zero-order chi connectivity index (χ0) is 35.0. The SMILES string of the molecule is CCOc1cc([C@H]2c3sc(=O)[nH]c3SC3C2[C@H]2C[C@@H]3C3C(=O)N(c4ccc(C)cc4)C(=O)C32)ccc1OCC(=O)Nc1cccc2ccccc12. The summed E-state index contributed by atoms with van der Waals surface area (Å²) in [4.78, 5) is 59.2. The number of fused-ring (bicyclic) bond motifs is 10. The van der Waals surface area contributed by atoms with Crippen LogP contribution in [-0.2, 0) is 14.4 Å². The topological polar surface area (TPSA) is 118 Å². The molecule has 4 aromatic carbocycles. The molecule has 2 aliphatic carbocycles. The van der Waals surface area contributed by atoms with Gasteiger partial charge in [0.15, 0.2) is 18.1 Å². The molecular weight excluding hydrogens is 683 g/mol. The van der Waals surface area contributed by atoms with E-state index in [-0.39, 0.29) is 70.0 Å². The lowest BCUT2D eigenvalue weighted by molar-refractivity contribution is -0.123. The molecule has 9 rings (SSSR count). The van der Waals surface area contributed by atoms with Crippen LogP contribution in [0, 0.1) is 36.5 Å². The highest BCUT2D eigenvalue weighted by Crippen LogP contribution is 2.68. The number of thioether (sulfide) groups is 1. The van der Waals surface area contributed by atoms with Crippen molar-refractivity contribution >= 4 is 63.0 Å². The molecule has 5 aromatic rings. The number of aryl methyl sites for hydroxylation is 1. The van der Waals surface area contributed by atoms with E-state index in [0.29, 0.717) is 29.5 Å². The predicted octanol–water partition coefficient (Wildman–Crippen LogP) is 6.99. The summed E-state index contributed by atoms with van der Waals surface area (Å²) >= 11 is 2.88. The molecule has 11 heteroatoms. The van der Waals surface area contributed by atoms with E-state index in [2.05, 4.69) is 10.3 Å². The van der Waals surface area contributed by atoms with Crippen molar-refractivity contribution < 1.29 is 23.9 Å². The van der Waals surface area contributed by atoms with Gasteiger partial charge < -0.3 is 19.8 Å². The molecule has 0 spiro atoms. The molecule has 4 aliphatic rings. The van der Waals surface area contributed by atoms with E-state index in [1.54, 1.807) is 11.8 Å². The van der Waals surface area contributed by atoms with Crippen molar-refractivity contribution in [1.29, 1.82) is 0 Å². The van der Waals surface area contributed by atoms with Gasteiger partial charge in [-0.3, -0.25) is 24.1 Å². The third-order valence-electron chi connectivity index (χ3n) is 11.1. The van der Waals surface area contributed by atoms with Crippen LogP contribution >= 0.6 is 23.1 Å². The van der Waals surface area contributed by atoms with Gasteiger partial charge in [-0.2, -0.15) is 0 Å². The minimum atomic E-state index is -0.389. The summed E-state index contributed by atoms with van der Waals surface area (Å²) in [6.07, 6.45) is 0.803. The van der Waals surface area contributed by atoms with Gasteiger partial charge >= 0.3 is 4.87 Å². The number of aromatic nitrogens is 1. The summed E-state index contributed by atoms with van der Waals surface area (Å²) in [6, 6.07) is 27.0. The lowest BCUT2D eigenvalue weighted by Crippen LogP contribution is -2.42. The number of rotatable bonds is 8. The van der Waals surface area contributed by atoms with Gasteiger partial charge in [-0.25, -0.2) is 0 Å². The second-order valence-electron chi connectivity index (χ2n) is 13.8.